The Hall–Kier alpha value is -3.20. The molecule has 1 aromatic rings. The van der Waals surface area contributed by atoms with Gasteiger partial charge in [-0.15, -0.1) is 0 Å². The molecule has 176 valence electrons. The van der Waals surface area contributed by atoms with Crippen molar-refractivity contribution in [1.82, 2.24) is 5.32 Å². The molecule has 9 nitrogen and oxygen atoms in total. The zero-order chi connectivity index (χ0) is 24.4. The molecule has 32 heavy (non-hydrogen) atoms. The molecule has 2 unspecified atom stereocenters. The van der Waals surface area contributed by atoms with Crippen LogP contribution in [0, 0.1) is 5.92 Å². The molecule has 0 saturated heterocycles. The Morgan fingerprint density at radius 1 is 1.06 bits per heavy atom. The largest absolute Gasteiger partial charge is 0.466 e. The average Bonchev–Trinajstić information content (AvgIpc) is 2.72. The summed E-state index contributed by atoms with van der Waals surface area (Å²) in [6.45, 7) is 10.5. The molecule has 0 aliphatic heterocycles. The van der Waals surface area contributed by atoms with Gasteiger partial charge in [-0.2, -0.15) is 0 Å². The first-order valence-corrected chi connectivity index (χ1v) is 10.3. The minimum Gasteiger partial charge on any atom is -0.466 e. The molecule has 1 aromatic carbocycles. The van der Waals surface area contributed by atoms with Crippen molar-refractivity contribution in [3.63, 3.8) is 0 Å². The second kappa shape index (κ2) is 12.6. The van der Waals surface area contributed by atoms with E-state index in [0.717, 1.165) is 0 Å². The predicted octanol–water partition coefficient (Wildman–Crippen LogP) is 1.67. The molecule has 0 heterocycles. The van der Waals surface area contributed by atoms with Crippen LogP contribution in [0.5, 0.6) is 5.75 Å². The summed E-state index contributed by atoms with van der Waals surface area (Å²) in [5, 5.41) is 2.66. The Morgan fingerprint density at radius 3 is 2.16 bits per heavy atom. The van der Waals surface area contributed by atoms with Gasteiger partial charge in [0.15, 0.2) is 0 Å². The minimum atomic E-state index is -0.925. The van der Waals surface area contributed by atoms with E-state index in [2.05, 4.69) is 16.6 Å². The zero-order valence-corrected chi connectivity index (χ0v) is 19.2. The molecule has 0 saturated carbocycles. The fourth-order valence-corrected chi connectivity index (χ4v) is 2.57. The first kappa shape index (κ1) is 26.8. The lowest BCUT2D eigenvalue weighted by molar-refractivity contribution is -0.151. The quantitative estimate of drug-likeness (QED) is 0.297. The number of carbonyl (C=O) groups excluding carboxylic acids is 4. The molecule has 0 aliphatic carbocycles. The van der Waals surface area contributed by atoms with Crippen molar-refractivity contribution in [1.29, 1.82) is 0 Å². The summed E-state index contributed by atoms with van der Waals surface area (Å²) < 4.78 is 14.9. The van der Waals surface area contributed by atoms with E-state index in [9.17, 15) is 19.2 Å². The maximum absolute atomic E-state index is 12.5. The summed E-state index contributed by atoms with van der Waals surface area (Å²) in [4.78, 5) is 48.1. The highest BCUT2D eigenvalue weighted by molar-refractivity contribution is 5.93. The smallest absolute Gasteiger partial charge is 0.333 e. The van der Waals surface area contributed by atoms with Crippen molar-refractivity contribution in [2.45, 2.75) is 58.7 Å². The molecule has 0 aliphatic rings. The number of hydrogen-bond acceptors (Lipinski definition) is 8. The van der Waals surface area contributed by atoms with Crippen LogP contribution in [0.2, 0.25) is 0 Å². The number of benzene rings is 1. The molecule has 2 atom stereocenters. The lowest BCUT2D eigenvalue weighted by Crippen LogP contribution is -2.51. The number of nitrogens with one attached hydrogen (secondary N) is 1. The monoisotopic (exact) mass is 448 g/mol. The van der Waals surface area contributed by atoms with E-state index in [1.54, 1.807) is 38.1 Å². The topological polar surface area (TPSA) is 134 Å². The molecule has 0 fully saturated rings. The van der Waals surface area contributed by atoms with Crippen LogP contribution >= 0.6 is 0 Å². The van der Waals surface area contributed by atoms with E-state index in [-0.39, 0.29) is 36.2 Å². The number of esters is 3. The van der Waals surface area contributed by atoms with Gasteiger partial charge in [-0.3, -0.25) is 9.59 Å². The van der Waals surface area contributed by atoms with Crippen LogP contribution in [0.1, 0.15) is 39.7 Å². The number of nitrogens with two attached hydrogens (primary N) is 1. The van der Waals surface area contributed by atoms with Crippen molar-refractivity contribution >= 4 is 23.8 Å². The summed E-state index contributed by atoms with van der Waals surface area (Å²) in [5.74, 6) is -2.20. The van der Waals surface area contributed by atoms with E-state index in [1.807, 2.05) is 13.8 Å². The van der Waals surface area contributed by atoms with Gasteiger partial charge in [-0.25, -0.2) is 9.59 Å². The fourth-order valence-electron chi connectivity index (χ4n) is 2.57. The summed E-state index contributed by atoms with van der Waals surface area (Å²) in [6, 6.07) is 4.71. The average molecular weight is 449 g/mol. The third-order valence-corrected chi connectivity index (χ3v) is 4.40. The Labute approximate surface area is 188 Å². The Balaban J connectivity index is 2.84. The van der Waals surface area contributed by atoms with E-state index < -0.39 is 35.9 Å². The highest BCUT2D eigenvalue weighted by atomic mass is 16.5. The highest BCUT2D eigenvalue weighted by Gasteiger charge is 2.27. The second-order valence-electron chi connectivity index (χ2n) is 7.91. The maximum atomic E-state index is 12.5. The SMILES string of the molecule is C=C(CC(=O)Oc1ccc(CC(NC(=O)C(N)C(C)C)C(=O)OC(C)C)cc1)C(=O)OC. The molecule has 0 spiro atoms. The number of methoxy groups -OCH3 is 1. The molecule has 0 bridgehead atoms. The molecule has 3 N–H and O–H groups in total. The van der Waals surface area contributed by atoms with Crippen LogP contribution in [0.15, 0.2) is 36.4 Å². The third-order valence-electron chi connectivity index (χ3n) is 4.40. The predicted molar refractivity (Wildman–Crippen MR) is 118 cm³/mol. The summed E-state index contributed by atoms with van der Waals surface area (Å²) in [5.41, 5.74) is 6.57. The van der Waals surface area contributed by atoms with Crippen molar-refractivity contribution in [2.24, 2.45) is 11.7 Å². The molecular formula is C23H32N2O7. The van der Waals surface area contributed by atoms with Crippen LogP contribution in [0.3, 0.4) is 0 Å². The van der Waals surface area contributed by atoms with Gasteiger partial charge in [0.2, 0.25) is 5.91 Å². The Kier molecular flexibility index (Phi) is 10.6. The third kappa shape index (κ3) is 8.89. The van der Waals surface area contributed by atoms with Crippen LogP contribution in [0.25, 0.3) is 0 Å². The summed E-state index contributed by atoms with van der Waals surface area (Å²) >= 11 is 0. The van der Waals surface area contributed by atoms with Crippen LogP contribution in [-0.4, -0.2) is 49.1 Å². The number of ether oxygens (including phenoxy) is 3. The highest BCUT2D eigenvalue weighted by Crippen LogP contribution is 2.16. The lowest BCUT2D eigenvalue weighted by Gasteiger charge is -2.22. The van der Waals surface area contributed by atoms with Gasteiger partial charge in [-0.1, -0.05) is 32.6 Å². The normalized spacial score (nSPS) is 12.6. The lowest BCUT2D eigenvalue weighted by atomic mass is 10.0. The standard InChI is InChI=1S/C23H32N2O7/c1-13(2)20(24)21(27)25-18(23(29)31-14(3)4)12-16-7-9-17(10-8-16)32-19(26)11-15(5)22(28)30-6/h7-10,13-14,18,20H,5,11-12,24H2,1-4,6H3,(H,25,27). The van der Waals surface area contributed by atoms with Gasteiger partial charge in [0.25, 0.3) is 0 Å². The minimum absolute atomic E-state index is 0.0176. The number of rotatable bonds is 11. The molecular weight excluding hydrogens is 416 g/mol. The van der Waals surface area contributed by atoms with Crippen LogP contribution in [-0.2, 0) is 35.1 Å². The van der Waals surface area contributed by atoms with Crippen LogP contribution < -0.4 is 15.8 Å². The molecule has 1 rings (SSSR count). The van der Waals surface area contributed by atoms with E-state index >= 15 is 0 Å². The zero-order valence-electron chi connectivity index (χ0n) is 19.2. The number of carbonyl (C=O) groups is 4. The Bertz CT molecular complexity index is 831. The molecule has 1 amide bonds. The van der Waals surface area contributed by atoms with E-state index in [0.29, 0.717) is 5.56 Å². The number of amides is 1. The van der Waals surface area contributed by atoms with Gasteiger partial charge in [0.05, 0.1) is 25.7 Å². The van der Waals surface area contributed by atoms with Gasteiger partial charge < -0.3 is 25.3 Å². The van der Waals surface area contributed by atoms with Crippen molar-refractivity contribution in [3.05, 3.63) is 42.0 Å². The van der Waals surface area contributed by atoms with Gasteiger partial charge in [0, 0.05) is 12.0 Å². The molecule has 0 radical (unpaired) electrons. The van der Waals surface area contributed by atoms with Crippen molar-refractivity contribution in [3.8, 4) is 5.75 Å². The first-order valence-electron chi connectivity index (χ1n) is 10.3. The van der Waals surface area contributed by atoms with Crippen molar-refractivity contribution in [2.75, 3.05) is 7.11 Å². The van der Waals surface area contributed by atoms with Crippen LogP contribution in [0.4, 0.5) is 0 Å². The van der Waals surface area contributed by atoms with E-state index in [4.69, 9.17) is 15.2 Å². The first-order chi connectivity index (χ1) is 14.9. The summed E-state index contributed by atoms with van der Waals surface area (Å²) in [7, 11) is 1.20. The Morgan fingerprint density at radius 2 is 1.66 bits per heavy atom. The van der Waals surface area contributed by atoms with Gasteiger partial charge in [0.1, 0.15) is 11.8 Å². The fraction of sp³-hybridized carbons (Fsp3) is 0.478. The van der Waals surface area contributed by atoms with E-state index in [1.165, 1.54) is 7.11 Å². The molecule has 9 heteroatoms. The number of hydrogen-bond donors (Lipinski definition) is 2. The molecule has 0 aromatic heterocycles. The second-order valence-corrected chi connectivity index (χ2v) is 7.91. The van der Waals surface area contributed by atoms with Gasteiger partial charge >= 0.3 is 17.9 Å². The summed E-state index contributed by atoms with van der Waals surface area (Å²) in [6.07, 6.45) is -0.489. The maximum Gasteiger partial charge on any atom is 0.333 e. The van der Waals surface area contributed by atoms with Crippen molar-refractivity contribution < 1.29 is 33.4 Å². The van der Waals surface area contributed by atoms with Gasteiger partial charge in [-0.05, 0) is 37.5 Å².